The van der Waals surface area contributed by atoms with Gasteiger partial charge in [0.05, 0.1) is 0 Å². The first-order chi connectivity index (χ1) is 16.1. The number of halogens is 2. The first kappa shape index (κ1) is 25.8. The molecule has 0 aliphatic carbocycles. The fourth-order valence-electron chi connectivity index (χ4n) is 4.02. The van der Waals surface area contributed by atoms with Crippen molar-refractivity contribution in [3.63, 3.8) is 0 Å². The highest BCUT2D eigenvalue weighted by atomic mass is 32.2. The van der Waals surface area contributed by atoms with Crippen molar-refractivity contribution in [2.45, 2.75) is 56.6 Å². The van der Waals surface area contributed by atoms with Crippen LogP contribution in [0.25, 0.3) is 0 Å². The van der Waals surface area contributed by atoms with E-state index in [9.17, 15) is 26.8 Å². The van der Waals surface area contributed by atoms with Crippen LogP contribution in [-0.2, 0) is 26.2 Å². The number of nitrogens with one attached hydrogen (secondary N) is 2. The Morgan fingerprint density at radius 3 is 2.47 bits per heavy atom. The SMILES string of the molecule is CC(C)C[C@H](NS(=O)(=O)c1ccc(F)cc1F)C(=O)N1CCC[C@H]1C(=O)NCc1ccccc1. The Labute approximate surface area is 198 Å². The number of sulfonamides is 1. The van der Waals surface area contributed by atoms with E-state index in [1.54, 1.807) is 0 Å². The standard InChI is InChI=1S/C24H29F2N3O4S/c1-16(2)13-20(28-34(32,33)22-11-10-18(25)14-19(22)26)24(31)29-12-6-9-21(29)23(30)27-15-17-7-4-3-5-8-17/h3-5,7-8,10-11,14,16,20-21,28H,6,9,12-13,15H2,1-2H3,(H,27,30)/t20-,21-/m0/s1. The van der Waals surface area contributed by atoms with Gasteiger partial charge in [-0.15, -0.1) is 0 Å². The zero-order chi connectivity index (χ0) is 24.9. The molecule has 0 aromatic heterocycles. The molecule has 0 spiro atoms. The number of carbonyl (C=O) groups is 2. The average molecular weight is 494 g/mol. The van der Waals surface area contributed by atoms with E-state index in [0.717, 1.165) is 17.7 Å². The average Bonchev–Trinajstić information content (AvgIpc) is 3.26. The molecule has 1 fully saturated rings. The molecule has 1 saturated heterocycles. The Kier molecular flexibility index (Phi) is 8.37. The maximum absolute atomic E-state index is 14.1. The van der Waals surface area contributed by atoms with Gasteiger partial charge in [0.1, 0.15) is 28.6 Å². The van der Waals surface area contributed by atoms with Crippen LogP contribution in [0.1, 0.15) is 38.7 Å². The highest BCUT2D eigenvalue weighted by Crippen LogP contribution is 2.22. The number of nitrogens with zero attached hydrogens (tertiary/aromatic N) is 1. The third-order valence-corrected chi connectivity index (χ3v) is 7.14. The predicted octanol–water partition coefficient (Wildman–Crippen LogP) is 2.97. The van der Waals surface area contributed by atoms with E-state index in [0.29, 0.717) is 32.0 Å². The van der Waals surface area contributed by atoms with Crippen LogP contribution in [0.5, 0.6) is 0 Å². The second-order valence-electron chi connectivity index (χ2n) is 8.77. The summed E-state index contributed by atoms with van der Waals surface area (Å²) >= 11 is 0. The topological polar surface area (TPSA) is 95.6 Å². The number of carbonyl (C=O) groups excluding carboxylic acids is 2. The van der Waals surface area contributed by atoms with Gasteiger partial charge in [0.15, 0.2) is 0 Å². The summed E-state index contributed by atoms with van der Waals surface area (Å²) in [5.74, 6) is -3.08. The maximum Gasteiger partial charge on any atom is 0.244 e. The molecule has 0 radical (unpaired) electrons. The molecule has 1 aliphatic rings. The molecule has 3 rings (SSSR count). The van der Waals surface area contributed by atoms with Crippen LogP contribution in [0.3, 0.4) is 0 Å². The molecule has 0 unspecified atom stereocenters. The molecule has 34 heavy (non-hydrogen) atoms. The third kappa shape index (κ3) is 6.38. The van der Waals surface area contributed by atoms with Gasteiger partial charge in [-0.3, -0.25) is 9.59 Å². The summed E-state index contributed by atoms with van der Waals surface area (Å²) in [6.45, 7) is 4.26. The Balaban J connectivity index is 1.76. The zero-order valence-electron chi connectivity index (χ0n) is 19.1. The number of amides is 2. The molecule has 1 aliphatic heterocycles. The zero-order valence-corrected chi connectivity index (χ0v) is 19.9. The minimum absolute atomic E-state index is 0.0670. The van der Waals surface area contributed by atoms with E-state index < -0.39 is 44.5 Å². The highest BCUT2D eigenvalue weighted by Gasteiger charge is 2.39. The predicted molar refractivity (Wildman–Crippen MR) is 123 cm³/mol. The van der Waals surface area contributed by atoms with E-state index in [1.165, 1.54) is 4.90 Å². The van der Waals surface area contributed by atoms with Crippen molar-refractivity contribution < 1.29 is 26.8 Å². The molecular formula is C24H29F2N3O4S. The lowest BCUT2D eigenvalue weighted by atomic mass is 10.0. The lowest BCUT2D eigenvalue weighted by Crippen LogP contribution is -2.53. The van der Waals surface area contributed by atoms with Crippen LogP contribution in [-0.4, -0.2) is 43.8 Å². The van der Waals surface area contributed by atoms with Crippen molar-refractivity contribution in [1.29, 1.82) is 0 Å². The summed E-state index contributed by atoms with van der Waals surface area (Å²) in [7, 11) is -4.45. The molecule has 2 aromatic carbocycles. The van der Waals surface area contributed by atoms with Crippen molar-refractivity contribution in [2.75, 3.05) is 6.54 Å². The summed E-state index contributed by atoms with van der Waals surface area (Å²) in [4.78, 5) is 26.9. The van der Waals surface area contributed by atoms with Crippen molar-refractivity contribution in [2.24, 2.45) is 5.92 Å². The molecule has 2 N–H and O–H groups in total. The van der Waals surface area contributed by atoms with Gasteiger partial charge in [-0.05, 0) is 42.9 Å². The van der Waals surface area contributed by atoms with Crippen molar-refractivity contribution >= 4 is 21.8 Å². The number of benzene rings is 2. The number of likely N-dealkylation sites (tertiary alicyclic amines) is 1. The minimum Gasteiger partial charge on any atom is -0.350 e. The van der Waals surface area contributed by atoms with E-state index in [4.69, 9.17) is 0 Å². The van der Waals surface area contributed by atoms with Crippen LogP contribution >= 0.6 is 0 Å². The molecule has 2 aromatic rings. The Bertz CT molecular complexity index is 1130. The fraction of sp³-hybridized carbons (Fsp3) is 0.417. The molecule has 0 bridgehead atoms. The van der Waals surface area contributed by atoms with Crippen LogP contribution < -0.4 is 10.0 Å². The third-order valence-electron chi connectivity index (χ3n) is 5.63. The van der Waals surface area contributed by atoms with E-state index in [2.05, 4.69) is 10.0 Å². The summed E-state index contributed by atoms with van der Waals surface area (Å²) in [6, 6.07) is 9.55. The molecule has 1 heterocycles. The van der Waals surface area contributed by atoms with Crippen LogP contribution in [0.4, 0.5) is 8.78 Å². The summed E-state index contributed by atoms with van der Waals surface area (Å²) < 4.78 is 55.3. The first-order valence-corrected chi connectivity index (χ1v) is 12.7. The lowest BCUT2D eigenvalue weighted by molar-refractivity contribution is -0.140. The Hall–Kier alpha value is -2.85. The molecule has 0 saturated carbocycles. The van der Waals surface area contributed by atoms with Gasteiger partial charge in [0, 0.05) is 19.2 Å². The minimum atomic E-state index is -4.45. The molecule has 10 heteroatoms. The summed E-state index contributed by atoms with van der Waals surface area (Å²) in [5, 5.41) is 2.84. The second-order valence-corrected chi connectivity index (χ2v) is 10.5. The van der Waals surface area contributed by atoms with Gasteiger partial charge in [0.25, 0.3) is 0 Å². The van der Waals surface area contributed by atoms with E-state index >= 15 is 0 Å². The number of rotatable bonds is 9. The molecule has 7 nitrogen and oxygen atoms in total. The van der Waals surface area contributed by atoms with E-state index in [1.807, 2.05) is 44.2 Å². The van der Waals surface area contributed by atoms with Crippen molar-refractivity contribution in [1.82, 2.24) is 14.9 Å². The second kappa shape index (κ2) is 11.1. The van der Waals surface area contributed by atoms with Gasteiger partial charge < -0.3 is 10.2 Å². The fourth-order valence-corrected chi connectivity index (χ4v) is 5.28. The summed E-state index contributed by atoms with van der Waals surface area (Å²) in [6.07, 6.45) is 1.21. The van der Waals surface area contributed by atoms with Crippen molar-refractivity contribution in [3.05, 3.63) is 65.7 Å². The Morgan fingerprint density at radius 2 is 1.82 bits per heavy atom. The molecular weight excluding hydrogens is 464 g/mol. The largest absolute Gasteiger partial charge is 0.350 e. The van der Waals surface area contributed by atoms with Crippen LogP contribution in [0.2, 0.25) is 0 Å². The Morgan fingerprint density at radius 1 is 1.12 bits per heavy atom. The number of hydrogen-bond acceptors (Lipinski definition) is 4. The van der Waals surface area contributed by atoms with Gasteiger partial charge >= 0.3 is 0 Å². The molecule has 2 atom stereocenters. The van der Waals surface area contributed by atoms with Crippen LogP contribution in [0, 0.1) is 17.6 Å². The highest BCUT2D eigenvalue weighted by molar-refractivity contribution is 7.89. The maximum atomic E-state index is 14.1. The lowest BCUT2D eigenvalue weighted by Gasteiger charge is -2.29. The quantitative estimate of drug-likeness (QED) is 0.562. The number of hydrogen-bond donors (Lipinski definition) is 2. The van der Waals surface area contributed by atoms with Gasteiger partial charge in [-0.25, -0.2) is 17.2 Å². The van der Waals surface area contributed by atoms with Crippen molar-refractivity contribution in [3.8, 4) is 0 Å². The van der Waals surface area contributed by atoms with Gasteiger partial charge in [0.2, 0.25) is 21.8 Å². The van der Waals surface area contributed by atoms with Gasteiger partial charge in [-0.2, -0.15) is 4.72 Å². The first-order valence-electron chi connectivity index (χ1n) is 11.2. The normalized spacial score (nSPS) is 17.1. The molecule has 2 amide bonds. The van der Waals surface area contributed by atoms with Crippen LogP contribution in [0.15, 0.2) is 53.4 Å². The van der Waals surface area contributed by atoms with Gasteiger partial charge in [-0.1, -0.05) is 44.2 Å². The smallest absolute Gasteiger partial charge is 0.244 e. The van der Waals surface area contributed by atoms with E-state index in [-0.39, 0.29) is 18.2 Å². The molecule has 184 valence electrons. The summed E-state index contributed by atoms with van der Waals surface area (Å²) in [5.41, 5.74) is 0.915. The monoisotopic (exact) mass is 493 g/mol.